The topological polar surface area (TPSA) is 64.2 Å². The number of anilines is 1. The van der Waals surface area contributed by atoms with Crippen molar-refractivity contribution in [2.24, 2.45) is 5.84 Å². The van der Waals surface area contributed by atoms with E-state index in [1.165, 1.54) is 9.69 Å². The summed E-state index contributed by atoms with van der Waals surface area (Å²) in [4.78, 5) is 12.1. The van der Waals surface area contributed by atoms with Gasteiger partial charge in [0.2, 0.25) is 0 Å². The van der Waals surface area contributed by atoms with Crippen LogP contribution in [0, 0.1) is 0 Å². The van der Waals surface area contributed by atoms with Crippen LogP contribution >= 0.6 is 15.9 Å². The highest BCUT2D eigenvalue weighted by Crippen LogP contribution is 2.17. The number of nitrogens with two attached hydrogens (primary N) is 1. The van der Waals surface area contributed by atoms with Gasteiger partial charge in [-0.25, -0.2) is 10.5 Å². The first-order chi connectivity index (χ1) is 8.59. The molecule has 5 nitrogen and oxygen atoms in total. The van der Waals surface area contributed by atoms with Crippen molar-refractivity contribution in [2.75, 3.05) is 12.1 Å². The molecular weight excluding hydrogens is 296 g/mol. The molecule has 0 saturated carbocycles. The molecule has 6 heteroatoms. The van der Waals surface area contributed by atoms with E-state index in [1.54, 1.807) is 13.2 Å². The zero-order valence-electron chi connectivity index (χ0n) is 9.88. The first-order valence-electron chi connectivity index (χ1n) is 5.37. The van der Waals surface area contributed by atoms with E-state index in [-0.39, 0.29) is 5.56 Å². The SMILES string of the molecule is CN(N)c1cnn(Cc2ccccc2)c(=O)c1Br. The van der Waals surface area contributed by atoms with Crippen molar-refractivity contribution in [3.8, 4) is 0 Å². The maximum Gasteiger partial charge on any atom is 0.283 e. The van der Waals surface area contributed by atoms with E-state index in [0.717, 1.165) is 5.56 Å². The molecule has 94 valence electrons. The number of benzene rings is 1. The monoisotopic (exact) mass is 308 g/mol. The number of nitrogens with zero attached hydrogens (tertiary/aromatic N) is 3. The lowest BCUT2D eigenvalue weighted by molar-refractivity contribution is 0.634. The molecule has 0 unspecified atom stereocenters. The van der Waals surface area contributed by atoms with E-state index >= 15 is 0 Å². The van der Waals surface area contributed by atoms with Gasteiger partial charge < -0.3 is 5.01 Å². The highest BCUT2D eigenvalue weighted by molar-refractivity contribution is 9.10. The lowest BCUT2D eigenvalue weighted by Gasteiger charge is -2.14. The van der Waals surface area contributed by atoms with E-state index in [1.807, 2.05) is 30.3 Å². The van der Waals surface area contributed by atoms with Crippen LogP contribution in [0.2, 0.25) is 0 Å². The van der Waals surface area contributed by atoms with E-state index in [2.05, 4.69) is 21.0 Å². The summed E-state index contributed by atoms with van der Waals surface area (Å²) >= 11 is 3.25. The molecule has 0 amide bonds. The van der Waals surface area contributed by atoms with Crippen molar-refractivity contribution in [2.45, 2.75) is 6.54 Å². The highest BCUT2D eigenvalue weighted by Gasteiger charge is 2.10. The van der Waals surface area contributed by atoms with E-state index < -0.39 is 0 Å². The minimum Gasteiger partial charge on any atom is -0.311 e. The van der Waals surface area contributed by atoms with Gasteiger partial charge >= 0.3 is 0 Å². The van der Waals surface area contributed by atoms with E-state index in [0.29, 0.717) is 16.7 Å². The lowest BCUT2D eigenvalue weighted by atomic mass is 10.2. The Morgan fingerprint density at radius 1 is 1.39 bits per heavy atom. The van der Waals surface area contributed by atoms with Crippen LogP contribution in [0.15, 0.2) is 45.8 Å². The maximum atomic E-state index is 12.1. The average molecular weight is 309 g/mol. The Hall–Kier alpha value is -1.66. The Morgan fingerprint density at radius 2 is 2.06 bits per heavy atom. The molecule has 0 aliphatic heterocycles. The largest absolute Gasteiger partial charge is 0.311 e. The molecular formula is C12H13BrN4O. The third-order valence-corrected chi connectivity index (χ3v) is 3.27. The second kappa shape index (κ2) is 5.32. The van der Waals surface area contributed by atoms with Gasteiger partial charge in [0.05, 0.1) is 18.4 Å². The molecule has 1 aromatic heterocycles. The molecule has 2 N–H and O–H groups in total. The number of aromatic nitrogens is 2. The fourth-order valence-corrected chi connectivity index (χ4v) is 2.16. The van der Waals surface area contributed by atoms with Gasteiger partial charge in [0.25, 0.3) is 5.56 Å². The van der Waals surface area contributed by atoms with Crippen molar-refractivity contribution in [1.82, 2.24) is 9.78 Å². The van der Waals surface area contributed by atoms with Crippen molar-refractivity contribution in [1.29, 1.82) is 0 Å². The minimum atomic E-state index is -0.200. The van der Waals surface area contributed by atoms with Crippen LogP contribution in [-0.2, 0) is 6.54 Å². The standard InChI is InChI=1S/C12H13BrN4O/c1-16(14)10-7-15-17(12(18)11(10)13)8-9-5-3-2-4-6-9/h2-7H,8,14H2,1H3. The van der Waals surface area contributed by atoms with Gasteiger partial charge in [-0.3, -0.25) is 4.79 Å². The minimum absolute atomic E-state index is 0.200. The van der Waals surface area contributed by atoms with Crippen LogP contribution in [0.3, 0.4) is 0 Å². The fourth-order valence-electron chi connectivity index (χ4n) is 1.57. The van der Waals surface area contributed by atoms with E-state index in [4.69, 9.17) is 5.84 Å². The Labute approximate surface area is 113 Å². The molecule has 1 heterocycles. The smallest absolute Gasteiger partial charge is 0.283 e. The van der Waals surface area contributed by atoms with Crippen LogP contribution < -0.4 is 16.4 Å². The van der Waals surface area contributed by atoms with Crippen LogP contribution in [0.4, 0.5) is 5.69 Å². The van der Waals surface area contributed by atoms with Crippen LogP contribution in [0.25, 0.3) is 0 Å². The molecule has 0 bridgehead atoms. The summed E-state index contributed by atoms with van der Waals surface area (Å²) in [6, 6.07) is 9.69. The number of hydrogen-bond donors (Lipinski definition) is 1. The predicted octanol–water partition coefficient (Wildman–Crippen LogP) is 1.36. The van der Waals surface area contributed by atoms with E-state index in [9.17, 15) is 4.79 Å². The van der Waals surface area contributed by atoms with Crippen LogP contribution in [0.5, 0.6) is 0 Å². The molecule has 18 heavy (non-hydrogen) atoms. The maximum absolute atomic E-state index is 12.1. The molecule has 0 radical (unpaired) electrons. The first kappa shape index (κ1) is 12.8. The van der Waals surface area contributed by atoms with Crippen molar-refractivity contribution < 1.29 is 0 Å². The number of hydrazine groups is 1. The normalized spacial score (nSPS) is 10.4. The molecule has 0 aliphatic carbocycles. The summed E-state index contributed by atoms with van der Waals surface area (Å²) in [6.07, 6.45) is 1.56. The third kappa shape index (κ3) is 2.60. The third-order valence-electron chi connectivity index (χ3n) is 2.52. The van der Waals surface area contributed by atoms with Crippen molar-refractivity contribution in [3.63, 3.8) is 0 Å². The molecule has 0 aliphatic rings. The molecule has 1 aromatic carbocycles. The Morgan fingerprint density at radius 3 is 2.67 bits per heavy atom. The quantitative estimate of drug-likeness (QED) is 0.687. The average Bonchev–Trinajstić information content (AvgIpc) is 2.36. The summed E-state index contributed by atoms with van der Waals surface area (Å²) in [5.41, 5.74) is 1.38. The second-order valence-corrected chi connectivity index (χ2v) is 4.70. The Bertz CT molecular complexity index is 595. The van der Waals surface area contributed by atoms with Crippen molar-refractivity contribution >= 4 is 21.6 Å². The molecule has 2 rings (SSSR count). The van der Waals surface area contributed by atoms with Gasteiger partial charge in [-0.15, -0.1) is 0 Å². The second-order valence-electron chi connectivity index (χ2n) is 3.90. The Balaban J connectivity index is 2.37. The summed E-state index contributed by atoms with van der Waals surface area (Å²) in [5, 5.41) is 5.46. The van der Waals surface area contributed by atoms with Gasteiger partial charge in [-0.05, 0) is 21.5 Å². The summed E-state index contributed by atoms with van der Waals surface area (Å²) in [6.45, 7) is 0.437. The van der Waals surface area contributed by atoms with Gasteiger partial charge in [0.15, 0.2) is 0 Å². The molecule has 0 spiro atoms. The van der Waals surface area contributed by atoms with Crippen molar-refractivity contribution in [3.05, 3.63) is 56.9 Å². The predicted molar refractivity (Wildman–Crippen MR) is 74.3 cm³/mol. The zero-order chi connectivity index (χ0) is 13.1. The van der Waals surface area contributed by atoms with Crippen LogP contribution in [0.1, 0.15) is 5.56 Å². The van der Waals surface area contributed by atoms with Gasteiger partial charge in [0, 0.05) is 7.05 Å². The van der Waals surface area contributed by atoms with Gasteiger partial charge in [-0.1, -0.05) is 30.3 Å². The summed E-state index contributed by atoms with van der Waals surface area (Å²) < 4.78 is 1.81. The summed E-state index contributed by atoms with van der Waals surface area (Å²) in [5.74, 6) is 5.60. The number of hydrogen-bond acceptors (Lipinski definition) is 4. The molecule has 0 saturated heterocycles. The number of rotatable bonds is 3. The first-order valence-corrected chi connectivity index (χ1v) is 6.17. The Kier molecular flexibility index (Phi) is 3.78. The lowest BCUT2D eigenvalue weighted by Crippen LogP contribution is -2.31. The van der Waals surface area contributed by atoms with Gasteiger partial charge in [-0.2, -0.15) is 5.10 Å². The number of halogens is 1. The molecule has 0 fully saturated rings. The van der Waals surface area contributed by atoms with Crippen LogP contribution in [-0.4, -0.2) is 16.8 Å². The zero-order valence-corrected chi connectivity index (χ0v) is 11.5. The highest BCUT2D eigenvalue weighted by atomic mass is 79.9. The molecule has 0 atom stereocenters. The van der Waals surface area contributed by atoms with Gasteiger partial charge in [0.1, 0.15) is 4.47 Å². The molecule has 2 aromatic rings. The summed E-state index contributed by atoms with van der Waals surface area (Å²) in [7, 11) is 1.66. The fraction of sp³-hybridized carbons (Fsp3) is 0.167.